The Kier molecular flexibility index (Phi) is 8.36. The molecule has 0 unspecified atom stereocenters. The zero-order chi connectivity index (χ0) is 24.6. The molecule has 4 rings (SSSR count). The Labute approximate surface area is 206 Å². The van der Waals surface area contributed by atoms with Crippen molar-refractivity contribution in [1.82, 2.24) is 14.7 Å². The topological polar surface area (TPSA) is 72.9 Å². The third-order valence-corrected chi connectivity index (χ3v) is 5.67. The van der Waals surface area contributed by atoms with E-state index >= 15 is 0 Å². The van der Waals surface area contributed by atoms with Gasteiger partial charge in [0.1, 0.15) is 11.5 Å². The van der Waals surface area contributed by atoms with E-state index in [1.54, 1.807) is 6.26 Å². The Morgan fingerprint density at radius 2 is 1.86 bits per heavy atom. The largest absolute Gasteiger partial charge is 0.468 e. The Bertz CT molecular complexity index is 1190. The zero-order valence-corrected chi connectivity index (χ0v) is 20.6. The third-order valence-electron chi connectivity index (χ3n) is 5.67. The van der Waals surface area contributed by atoms with E-state index in [-0.39, 0.29) is 6.61 Å². The highest BCUT2D eigenvalue weighted by Gasteiger charge is 2.23. The molecule has 1 atom stereocenters. The number of ether oxygens (including phenoxy) is 2. The quantitative estimate of drug-likeness (QED) is 0.301. The summed E-state index contributed by atoms with van der Waals surface area (Å²) in [7, 11) is 0. The second kappa shape index (κ2) is 11.8. The molecule has 7 heteroatoms. The standard InChI is InChI=1S/C28H33N3O4/c1-4-33-20-24(32)17-30(18-26-14-9-15-34-26)19-27-22(3)29-31(23-11-6-5-7-12-23)28(27)35-25-13-8-10-21(2)16-25/h5-16,24,32H,4,17-20H2,1-3H3/t24-/m0/s1. The van der Waals surface area contributed by atoms with Crippen LogP contribution in [-0.4, -0.2) is 45.6 Å². The van der Waals surface area contributed by atoms with Crippen LogP contribution in [0.2, 0.25) is 0 Å². The lowest BCUT2D eigenvalue weighted by molar-refractivity contribution is 0.0166. The molecule has 184 valence electrons. The second-order valence-electron chi connectivity index (χ2n) is 8.60. The fourth-order valence-electron chi connectivity index (χ4n) is 4.00. The number of aryl methyl sites for hydroxylation is 2. The van der Waals surface area contributed by atoms with Crippen molar-refractivity contribution in [2.75, 3.05) is 19.8 Å². The minimum absolute atomic E-state index is 0.278. The molecule has 35 heavy (non-hydrogen) atoms. The number of aliphatic hydroxyl groups is 1. The van der Waals surface area contributed by atoms with E-state index in [4.69, 9.17) is 19.0 Å². The highest BCUT2D eigenvalue weighted by molar-refractivity contribution is 5.43. The van der Waals surface area contributed by atoms with Crippen LogP contribution in [0.4, 0.5) is 0 Å². The Balaban J connectivity index is 1.69. The van der Waals surface area contributed by atoms with Crippen molar-refractivity contribution in [3.8, 4) is 17.3 Å². The molecule has 0 spiro atoms. The molecule has 0 fully saturated rings. The molecule has 0 aliphatic rings. The SMILES string of the molecule is CCOC[C@@H](O)CN(Cc1ccco1)Cc1c(C)nn(-c2ccccc2)c1Oc1cccc(C)c1. The number of hydrogen-bond acceptors (Lipinski definition) is 6. The number of rotatable bonds is 12. The molecule has 0 bridgehead atoms. The summed E-state index contributed by atoms with van der Waals surface area (Å²) in [5.41, 5.74) is 3.84. The number of hydrogen-bond donors (Lipinski definition) is 1. The summed E-state index contributed by atoms with van der Waals surface area (Å²) in [4.78, 5) is 2.13. The van der Waals surface area contributed by atoms with E-state index in [1.807, 2.05) is 92.2 Å². The maximum absolute atomic E-state index is 10.6. The monoisotopic (exact) mass is 475 g/mol. The number of aromatic nitrogens is 2. The van der Waals surface area contributed by atoms with Crippen LogP contribution < -0.4 is 4.74 Å². The highest BCUT2D eigenvalue weighted by atomic mass is 16.5. The van der Waals surface area contributed by atoms with E-state index in [0.29, 0.717) is 32.1 Å². The second-order valence-corrected chi connectivity index (χ2v) is 8.60. The van der Waals surface area contributed by atoms with Crippen LogP contribution in [0.5, 0.6) is 11.6 Å². The van der Waals surface area contributed by atoms with Gasteiger partial charge in [-0.3, -0.25) is 4.90 Å². The number of furan rings is 1. The molecule has 0 saturated carbocycles. The van der Waals surface area contributed by atoms with Crippen LogP contribution in [0.3, 0.4) is 0 Å². The van der Waals surface area contributed by atoms with Crippen LogP contribution >= 0.6 is 0 Å². The van der Waals surface area contributed by atoms with Gasteiger partial charge in [-0.05, 0) is 62.7 Å². The lowest BCUT2D eigenvalue weighted by Gasteiger charge is -2.24. The summed E-state index contributed by atoms with van der Waals surface area (Å²) in [6, 6.07) is 21.7. The van der Waals surface area contributed by atoms with Gasteiger partial charge in [0.2, 0.25) is 5.88 Å². The predicted molar refractivity (Wildman–Crippen MR) is 135 cm³/mol. The summed E-state index contributed by atoms with van der Waals surface area (Å²) < 4.78 is 19.3. The molecule has 1 N–H and O–H groups in total. The number of nitrogens with zero attached hydrogens (tertiary/aromatic N) is 3. The van der Waals surface area contributed by atoms with E-state index in [2.05, 4.69) is 4.90 Å². The van der Waals surface area contributed by atoms with Gasteiger partial charge < -0.3 is 19.0 Å². The number of benzene rings is 2. The van der Waals surface area contributed by atoms with Crippen molar-refractivity contribution in [2.45, 2.75) is 40.0 Å². The van der Waals surface area contributed by atoms with E-state index < -0.39 is 6.10 Å². The first-order valence-corrected chi connectivity index (χ1v) is 11.9. The van der Waals surface area contributed by atoms with Crippen molar-refractivity contribution in [3.05, 3.63) is 95.6 Å². The molecule has 0 radical (unpaired) electrons. The molecule has 0 aliphatic heterocycles. The molecule has 2 aromatic heterocycles. The summed E-state index contributed by atoms with van der Waals surface area (Å²) in [5, 5.41) is 15.4. The molecular weight excluding hydrogens is 442 g/mol. The summed E-state index contributed by atoms with van der Waals surface area (Å²) in [6.07, 6.45) is 1.03. The van der Waals surface area contributed by atoms with Gasteiger partial charge >= 0.3 is 0 Å². The average molecular weight is 476 g/mol. The first-order valence-electron chi connectivity index (χ1n) is 11.9. The van der Waals surface area contributed by atoms with Gasteiger partial charge in [-0.15, -0.1) is 0 Å². The molecular formula is C28H33N3O4. The highest BCUT2D eigenvalue weighted by Crippen LogP contribution is 2.32. The lowest BCUT2D eigenvalue weighted by Crippen LogP contribution is -2.34. The summed E-state index contributed by atoms with van der Waals surface area (Å²) in [5.74, 6) is 2.23. The van der Waals surface area contributed by atoms with Gasteiger partial charge in [0.25, 0.3) is 0 Å². The normalized spacial score (nSPS) is 12.3. The van der Waals surface area contributed by atoms with Crippen LogP contribution in [0.1, 0.15) is 29.5 Å². The minimum Gasteiger partial charge on any atom is -0.468 e. The predicted octanol–water partition coefficient (Wildman–Crippen LogP) is 5.27. The first-order chi connectivity index (χ1) is 17.0. The van der Waals surface area contributed by atoms with Crippen LogP contribution in [0.15, 0.2) is 77.4 Å². The van der Waals surface area contributed by atoms with Crippen LogP contribution in [-0.2, 0) is 17.8 Å². The third kappa shape index (κ3) is 6.60. The maximum Gasteiger partial charge on any atom is 0.227 e. The Hall–Kier alpha value is -3.39. The molecule has 2 heterocycles. The van der Waals surface area contributed by atoms with E-state index in [0.717, 1.165) is 34.0 Å². The fraction of sp³-hybridized carbons (Fsp3) is 0.321. The molecule has 7 nitrogen and oxygen atoms in total. The molecule has 0 aliphatic carbocycles. The minimum atomic E-state index is -0.629. The average Bonchev–Trinajstić information content (AvgIpc) is 3.47. The summed E-state index contributed by atoms with van der Waals surface area (Å²) >= 11 is 0. The number of para-hydroxylation sites is 1. The first kappa shape index (κ1) is 24.7. The summed E-state index contributed by atoms with van der Waals surface area (Å²) in [6.45, 7) is 8.26. The van der Waals surface area contributed by atoms with Gasteiger partial charge in [0, 0.05) is 19.7 Å². The van der Waals surface area contributed by atoms with Gasteiger partial charge in [-0.2, -0.15) is 5.10 Å². The van der Waals surface area contributed by atoms with Crippen molar-refractivity contribution >= 4 is 0 Å². The van der Waals surface area contributed by atoms with E-state index in [9.17, 15) is 5.11 Å². The van der Waals surface area contributed by atoms with Gasteiger partial charge in [0.15, 0.2) is 0 Å². The molecule has 4 aromatic rings. The Morgan fingerprint density at radius 1 is 1.03 bits per heavy atom. The smallest absolute Gasteiger partial charge is 0.227 e. The molecule has 2 aromatic carbocycles. The Morgan fingerprint density at radius 3 is 2.57 bits per heavy atom. The van der Waals surface area contributed by atoms with Crippen molar-refractivity contribution < 1.29 is 19.0 Å². The fourth-order valence-corrected chi connectivity index (χ4v) is 4.00. The van der Waals surface area contributed by atoms with Crippen LogP contribution in [0.25, 0.3) is 5.69 Å². The van der Waals surface area contributed by atoms with Crippen molar-refractivity contribution in [3.63, 3.8) is 0 Å². The van der Waals surface area contributed by atoms with Crippen molar-refractivity contribution in [1.29, 1.82) is 0 Å². The zero-order valence-electron chi connectivity index (χ0n) is 20.6. The van der Waals surface area contributed by atoms with Crippen molar-refractivity contribution in [2.24, 2.45) is 0 Å². The molecule has 0 saturated heterocycles. The van der Waals surface area contributed by atoms with Gasteiger partial charge in [-0.25, -0.2) is 4.68 Å². The maximum atomic E-state index is 10.6. The van der Waals surface area contributed by atoms with Gasteiger partial charge in [-0.1, -0.05) is 30.3 Å². The lowest BCUT2D eigenvalue weighted by atomic mass is 10.2. The van der Waals surface area contributed by atoms with E-state index in [1.165, 1.54) is 0 Å². The van der Waals surface area contributed by atoms with Gasteiger partial charge in [0.05, 0.1) is 42.5 Å². The number of aliphatic hydroxyl groups excluding tert-OH is 1. The molecule has 0 amide bonds. The van der Waals surface area contributed by atoms with Crippen LogP contribution in [0, 0.1) is 13.8 Å².